The highest BCUT2D eigenvalue weighted by atomic mass is 19.3. The largest absolute Gasteiger partial charge is 0.508 e. The number of ether oxygens (including phenoxy) is 1. The fourth-order valence-electron chi connectivity index (χ4n) is 3.22. The molecule has 0 radical (unpaired) electrons. The van der Waals surface area contributed by atoms with Gasteiger partial charge in [-0.05, 0) is 60.7 Å². The van der Waals surface area contributed by atoms with E-state index >= 15 is 0 Å². The Balaban J connectivity index is 1.49. The summed E-state index contributed by atoms with van der Waals surface area (Å²) in [6, 6.07) is 14.3. The summed E-state index contributed by atoms with van der Waals surface area (Å²) in [5, 5.41) is 9.33. The van der Waals surface area contributed by atoms with Crippen molar-refractivity contribution in [1.29, 1.82) is 0 Å². The topological polar surface area (TPSA) is 32.7 Å². The standard InChI is InChI=1S/C19H21F2NO2/c20-19(21)24-18-7-3-15(4-8-18)12-22-10-9-16(13-22)11-14-1-5-17(23)6-2-14/h1-8,16,19,23H,9-13H2. The van der Waals surface area contributed by atoms with Crippen LogP contribution in [-0.4, -0.2) is 29.7 Å². The van der Waals surface area contributed by atoms with Gasteiger partial charge in [0.15, 0.2) is 0 Å². The van der Waals surface area contributed by atoms with Crippen molar-refractivity contribution in [3.8, 4) is 11.5 Å². The molecule has 0 bridgehead atoms. The van der Waals surface area contributed by atoms with Crippen molar-refractivity contribution in [2.75, 3.05) is 13.1 Å². The molecule has 2 aromatic rings. The van der Waals surface area contributed by atoms with Crippen molar-refractivity contribution in [1.82, 2.24) is 4.90 Å². The van der Waals surface area contributed by atoms with Gasteiger partial charge in [-0.25, -0.2) is 0 Å². The molecule has 5 heteroatoms. The maximum absolute atomic E-state index is 12.1. The second-order valence-corrected chi connectivity index (χ2v) is 6.28. The van der Waals surface area contributed by atoms with E-state index in [0.717, 1.165) is 38.0 Å². The molecule has 1 heterocycles. The van der Waals surface area contributed by atoms with Gasteiger partial charge in [0.1, 0.15) is 11.5 Å². The molecule has 0 aliphatic carbocycles. The lowest BCUT2D eigenvalue weighted by molar-refractivity contribution is -0.0498. The minimum Gasteiger partial charge on any atom is -0.508 e. The van der Waals surface area contributed by atoms with Gasteiger partial charge >= 0.3 is 6.61 Å². The monoisotopic (exact) mass is 333 g/mol. The molecule has 1 N–H and O–H groups in total. The van der Waals surface area contributed by atoms with Crippen LogP contribution in [-0.2, 0) is 13.0 Å². The third-order valence-corrected chi connectivity index (χ3v) is 4.39. The predicted molar refractivity (Wildman–Crippen MR) is 88.3 cm³/mol. The minimum absolute atomic E-state index is 0.195. The quantitative estimate of drug-likeness (QED) is 0.865. The predicted octanol–water partition coefficient (Wildman–Crippen LogP) is 4.06. The SMILES string of the molecule is Oc1ccc(CC2CCN(Cc3ccc(OC(F)F)cc3)C2)cc1. The van der Waals surface area contributed by atoms with Crippen molar-refractivity contribution in [3.63, 3.8) is 0 Å². The molecule has 3 rings (SSSR count). The van der Waals surface area contributed by atoms with E-state index in [-0.39, 0.29) is 5.75 Å². The van der Waals surface area contributed by atoms with Crippen molar-refractivity contribution in [2.45, 2.75) is 26.0 Å². The molecular weight excluding hydrogens is 312 g/mol. The Morgan fingerprint density at radius 2 is 1.71 bits per heavy atom. The van der Waals surface area contributed by atoms with Crippen molar-refractivity contribution >= 4 is 0 Å². The number of alkyl halides is 2. The number of halogens is 2. The second kappa shape index (κ2) is 7.62. The van der Waals surface area contributed by atoms with E-state index in [2.05, 4.69) is 9.64 Å². The van der Waals surface area contributed by atoms with E-state index in [1.54, 1.807) is 24.3 Å². The first kappa shape index (κ1) is 16.7. The van der Waals surface area contributed by atoms with Crippen LogP contribution in [0.25, 0.3) is 0 Å². The number of phenols is 1. The molecule has 1 atom stereocenters. The summed E-state index contributed by atoms with van der Waals surface area (Å²) in [7, 11) is 0. The Bertz CT molecular complexity index is 643. The molecule has 1 saturated heterocycles. The lowest BCUT2D eigenvalue weighted by Crippen LogP contribution is -2.20. The van der Waals surface area contributed by atoms with Gasteiger partial charge in [-0.3, -0.25) is 4.90 Å². The lowest BCUT2D eigenvalue weighted by atomic mass is 9.99. The number of rotatable bonds is 6. The zero-order valence-corrected chi connectivity index (χ0v) is 13.4. The van der Waals surface area contributed by atoms with Crippen LogP contribution >= 0.6 is 0 Å². The van der Waals surface area contributed by atoms with Gasteiger partial charge < -0.3 is 9.84 Å². The molecule has 1 fully saturated rings. The number of benzene rings is 2. The first-order valence-electron chi connectivity index (χ1n) is 8.12. The number of likely N-dealkylation sites (tertiary alicyclic amines) is 1. The first-order chi connectivity index (χ1) is 11.6. The molecule has 24 heavy (non-hydrogen) atoms. The smallest absolute Gasteiger partial charge is 0.387 e. The Kier molecular flexibility index (Phi) is 5.30. The van der Waals surface area contributed by atoms with E-state index < -0.39 is 6.61 Å². The maximum Gasteiger partial charge on any atom is 0.387 e. The molecule has 1 unspecified atom stereocenters. The molecule has 0 saturated carbocycles. The number of phenolic OH excluding ortho intramolecular Hbond substituents is 1. The molecule has 128 valence electrons. The summed E-state index contributed by atoms with van der Waals surface area (Å²) in [6.07, 6.45) is 2.16. The number of aromatic hydroxyl groups is 1. The normalized spacial score (nSPS) is 18.2. The van der Waals surface area contributed by atoms with Crippen molar-refractivity contribution < 1.29 is 18.6 Å². The fraction of sp³-hybridized carbons (Fsp3) is 0.368. The molecule has 0 aromatic heterocycles. The summed E-state index contributed by atoms with van der Waals surface area (Å²) < 4.78 is 28.7. The Morgan fingerprint density at radius 1 is 1.04 bits per heavy atom. The third-order valence-electron chi connectivity index (χ3n) is 4.39. The van der Waals surface area contributed by atoms with Crippen LogP contribution in [0.4, 0.5) is 8.78 Å². The lowest BCUT2D eigenvalue weighted by Gasteiger charge is -2.16. The maximum atomic E-state index is 12.1. The molecular formula is C19H21F2NO2. The molecule has 2 aromatic carbocycles. The number of hydrogen-bond donors (Lipinski definition) is 1. The minimum atomic E-state index is -2.78. The van der Waals surface area contributed by atoms with Crippen molar-refractivity contribution in [2.24, 2.45) is 5.92 Å². The van der Waals surface area contributed by atoms with Crippen LogP contribution in [0, 0.1) is 5.92 Å². The molecule has 0 amide bonds. The van der Waals surface area contributed by atoms with Gasteiger partial charge in [-0.2, -0.15) is 8.78 Å². The van der Waals surface area contributed by atoms with Crippen LogP contribution in [0.2, 0.25) is 0 Å². The number of nitrogens with zero attached hydrogens (tertiary/aromatic N) is 1. The average molecular weight is 333 g/mol. The van der Waals surface area contributed by atoms with Crippen LogP contribution in [0.15, 0.2) is 48.5 Å². The first-order valence-corrected chi connectivity index (χ1v) is 8.12. The summed E-state index contributed by atoms with van der Waals surface area (Å²) >= 11 is 0. The van der Waals surface area contributed by atoms with E-state index in [0.29, 0.717) is 11.7 Å². The Labute approximate surface area is 140 Å². The van der Waals surface area contributed by atoms with E-state index in [1.807, 2.05) is 24.3 Å². The van der Waals surface area contributed by atoms with Gasteiger partial charge in [0.05, 0.1) is 0 Å². The van der Waals surface area contributed by atoms with Gasteiger partial charge in [0.25, 0.3) is 0 Å². The highest BCUT2D eigenvalue weighted by Crippen LogP contribution is 2.24. The highest BCUT2D eigenvalue weighted by molar-refractivity contribution is 5.28. The van der Waals surface area contributed by atoms with E-state index in [4.69, 9.17) is 0 Å². The molecule has 1 aliphatic rings. The zero-order chi connectivity index (χ0) is 16.9. The van der Waals surface area contributed by atoms with Gasteiger partial charge in [-0.1, -0.05) is 24.3 Å². The highest BCUT2D eigenvalue weighted by Gasteiger charge is 2.22. The van der Waals surface area contributed by atoms with Gasteiger partial charge in [0, 0.05) is 13.1 Å². The van der Waals surface area contributed by atoms with Crippen LogP contribution in [0.1, 0.15) is 17.5 Å². The van der Waals surface area contributed by atoms with Crippen LogP contribution < -0.4 is 4.74 Å². The zero-order valence-electron chi connectivity index (χ0n) is 13.4. The van der Waals surface area contributed by atoms with Crippen LogP contribution in [0.3, 0.4) is 0 Å². The summed E-state index contributed by atoms with van der Waals surface area (Å²) in [6.45, 7) is 0.102. The van der Waals surface area contributed by atoms with Gasteiger partial charge in [-0.15, -0.1) is 0 Å². The van der Waals surface area contributed by atoms with Crippen LogP contribution in [0.5, 0.6) is 11.5 Å². The average Bonchev–Trinajstić information content (AvgIpc) is 2.98. The molecule has 1 aliphatic heterocycles. The summed E-state index contributed by atoms with van der Waals surface area (Å²) in [5.74, 6) is 1.10. The van der Waals surface area contributed by atoms with E-state index in [9.17, 15) is 13.9 Å². The second-order valence-electron chi connectivity index (χ2n) is 6.28. The Hall–Kier alpha value is -2.14. The summed E-state index contributed by atoms with van der Waals surface area (Å²) in [5.41, 5.74) is 2.34. The Morgan fingerprint density at radius 3 is 2.38 bits per heavy atom. The molecule has 3 nitrogen and oxygen atoms in total. The van der Waals surface area contributed by atoms with Gasteiger partial charge in [0.2, 0.25) is 0 Å². The molecule has 0 spiro atoms. The van der Waals surface area contributed by atoms with Crippen molar-refractivity contribution in [3.05, 3.63) is 59.7 Å². The fourth-order valence-corrected chi connectivity index (χ4v) is 3.22. The third kappa shape index (κ3) is 4.68. The number of hydrogen-bond acceptors (Lipinski definition) is 3. The van der Waals surface area contributed by atoms with E-state index in [1.165, 1.54) is 5.56 Å². The summed E-state index contributed by atoms with van der Waals surface area (Å²) in [4.78, 5) is 2.38.